The highest BCUT2D eigenvalue weighted by Gasteiger charge is 2.24. The SMILES string of the molecule is CC(C)c1ccc([C@H](N)CNC(=O)c2ccc(CS(=O)(=O)C(F)F)cc2)cc1. The predicted molar refractivity (Wildman–Crippen MR) is 105 cm³/mol. The molecule has 2 rings (SSSR count). The molecule has 0 saturated carbocycles. The standard InChI is InChI=1S/C20H24F2N2O3S/c1-13(2)15-7-9-16(10-8-15)18(23)11-24-19(25)17-5-3-14(4-6-17)12-28(26,27)20(21)22/h3-10,13,18,20H,11-12,23H2,1-2H3,(H,24,25)/t18-/m1/s1. The van der Waals surface area contributed by atoms with Gasteiger partial charge in [0, 0.05) is 18.2 Å². The topological polar surface area (TPSA) is 89.3 Å². The number of nitrogens with two attached hydrogens (primary N) is 1. The quantitative estimate of drug-likeness (QED) is 0.698. The van der Waals surface area contributed by atoms with E-state index in [4.69, 9.17) is 5.73 Å². The molecule has 0 aliphatic carbocycles. The molecular weight excluding hydrogens is 386 g/mol. The summed E-state index contributed by atoms with van der Waals surface area (Å²) in [5.41, 5.74) is 8.71. The van der Waals surface area contributed by atoms with E-state index < -0.39 is 21.3 Å². The molecule has 2 aromatic rings. The highest BCUT2D eigenvalue weighted by atomic mass is 32.2. The molecule has 0 saturated heterocycles. The second-order valence-corrected chi connectivity index (χ2v) is 8.87. The van der Waals surface area contributed by atoms with Gasteiger partial charge in [-0.3, -0.25) is 4.79 Å². The summed E-state index contributed by atoms with van der Waals surface area (Å²) in [5, 5.41) is 2.72. The van der Waals surface area contributed by atoms with Crippen molar-refractivity contribution in [1.82, 2.24) is 5.32 Å². The van der Waals surface area contributed by atoms with Crippen molar-refractivity contribution in [3.05, 3.63) is 70.8 Å². The molecule has 0 fully saturated rings. The second kappa shape index (κ2) is 9.25. The molecule has 8 heteroatoms. The third-order valence-corrected chi connectivity index (χ3v) is 5.65. The Balaban J connectivity index is 1.93. The number of halogens is 2. The zero-order chi connectivity index (χ0) is 20.9. The first-order valence-corrected chi connectivity index (χ1v) is 10.5. The largest absolute Gasteiger partial charge is 0.350 e. The first-order chi connectivity index (χ1) is 13.1. The number of carbonyl (C=O) groups excluding carboxylic acids is 1. The number of sulfone groups is 1. The van der Waals surface area contributed by atoms with Crippen LogP contribution in [0.15, 0.2) is 48.5 Å². The Morgan fingerprint density at radius 1 is 1.00 bits per heavy atom. The van der Waals surface area contributed by atoms with E-state index in [1.165, 1.54) is 29.8 Å². The molecule has 0 aromatic heterocycles. The summed E-state index contributed by atoms with van der Waals surface area (Å²) in [6, 6.07) is 13.0. The lowest BCUT2D eigenvalue weighted by Gasteiger charge is -2.15. The summed E-state index contributed by atoms with van der Waals surface area (Å²) >= 11 is 0. The maximum Gasteiger partial charge on any atom is 0.337 e. The smallest absolute Gasteiger partial charge is 0.337 e. The van der Waals surface area contributed by atoms with Crippen LogP contribution in [0.4, 0.5) is 8.78 Å². The van der Waals surface area contributed by atoms with E-state index in [2.05, 4.69) is 19.2 Å². The fourth-order valence-electron chi connectivity index (χ4n) is 2.60. The van der Waals surface area contributed by atoms with Gasteiger partial charge in [-0.1, -0.05) is 50.2 Å². The molecule has 0 aliphatic heterocycles. The Kier molecular flexibility index (Phi) is 7.26. The van der Waals surface area contributed by atoms with Crippen LogP contribution >= 0.6 is 0 Å². The summed E-state index contributed by atoms with van der Waals surface area (Å²) in [5.74, 6) is -4.16. The minimum Gasteiger partial charge on any atom is -0.350 e. The summed E-state index contributed by atoms with van der Waals surface area (Å²) in [4.78, 5) is 12.2. The summed E-state index contributed by atoms with van der Waals surface area (Å²) in [6.07, 6.45) is 0. The third-order valence-electron chi connectivity index (χ3n) is 4.37. The van der Waals surface area contributed by atoms with E-state index in [-0.39, 0.29) is 24.1 Å². The van der Waals surface area contributed by atoms with Crippen molar-refractivity contribution in [3.63, 3.8) is 0 Å². The van der Waals surface area contributed by atoms with Crippen LogP contribution in [-0.4, -0.2) is 26.6 Å². The number of nitrogens with one attached hydrogen (secondary N) is 1. The summed E-state index contributed by atoms with van der Waals surface area (Å²) in [7, 11) is -4.50. The van der Waals surface area contributed by atoms with Crippen molar-refractivity contribution < 1.29 is 22.0 Å². The Labute approximate surface area is 163 Å². The zero-order valence-corrected chi connectivity index (χ0v) is 16.5. The van der Waals surface area contributed by atoms with Crippen molar-refractivity contribution in [2.24, 2.45) is 5.73 Å². The highest BCUT2D eigenvalue weighted by molar-refractivity contribution is 7.90. The number of hydrogen-bond acceptors (Lipinski definition) is 4. The molecule has 152 valence electrons. The molecular formula is C20H24F2N2O3S. The van der Waals surface area contributed by atoms with E-state index in [1.54, 1.807) is 0 Å². The number of alkyl halides is 2. The lowest BCUT2D eigenvalue weighted by Crippen LogP contribution is -2.31. The normalized spacial score (nSPS) is 13.0. The van der Waals surface area contributed by atoms with E-state index in [9.17, 15) is 22.0 Å². The van der Waals surface area contributed by atoms with Gasteiger partial charge in [0.2, 0.25) is 9.84 Å². The van der Waals surface area contributed by atoms with Gasteiger partial charge in [-0.25, -0.2) is 8.42 Å². The second-order valence-electron chi connectivity index (χ2n) is 6.90. The van der Waals surface area contributed by atoms with Crippen LogP contribution < -0.4 is 11.1 Å². The molecule has 1 amide bonds. The van der Waals surface area contributed by atoms with Gasteiger partial charge in [0.15, 0.2) is 0 Å². The van der Waals surface area contributed by atoms with E-state index >= 15 is 0 Å². The number of benzene rings is 2. The Bertz CT molecular complexity index is 896. The average Bonchev–Trinajstić information content (AvgIpc) is 2.66. The number of carbonyl (C=O) groups is 1. The lowest BCUT2D eigenvalue weighted by molar-refractivity contribution is 0.0951. The molecule has 0 unspecified atom stereocenters. The first kappa shape index (κ1) is 22.0. The van der Waals surface area contributed by atoms with Crippen LogP contribution in [0, 0.1) is 0 Å². The molecule has 0 radical (unpaired) electrons. The van der Waals surface area contributed by atoms with Gasteiger partial charge in [0.05, 0.1) is 5.75 Å². The lowest BCUT2D eigenvalue weighted by atomic mass is 9.99. The van der Waals surface area contributed by atoms with Crippen molar-refractivity contribution in [3.8, 4) is 0 Å². The molecule has 1 atom stereocenters. The van der Waals surface area contributed by atoms with Crippen LogP contribution in [0.25, 0.3) is 0 Å². The van der Waals surface area contributed by atoms with Gasteiger partial charge in [-0.2, -0.15) is 8.78 Å². The van der Waals surface area contributed by atoms with E-state index in [0.29, 0.717) is 11.5 Å². The number of hydrogen-bond donors (Lipinski definition) is 2. The first-order valence-electron chi connectivity index (χ1n) is 8.82. The zero-order valence-electron chi connectivity index (χ0n) is 15.7. The third kappa shape index (κ3) is 5.84. The predicted octanol–water partition coefficient (Wildman–Crippen LogP) is 3.38. The number of amides is 1. The fraction of sp³-hybridized carbons (Fsp3) is 0.350. The Morgan fingerprint density at radius 2 is 1.54 bits per heavy atom. The van der Waals surface area contributed by atoms with Crippen LogP contribution in [0.5, 0.6) is 0 Å². The Morgan fingerprint density at radius 3 is 2.04 bits per heavy atom. The molecule has 28 heavy (non-hydrogen) atoms. The maximum absolute atomic E-state index is 12.4. The minimum atomic E-state index is -4.50. The maximum atomic E-state index is 12.4. The van der Waals surface area contributed by atoms with Gasteiger partial charge in [0.25, 0.3) is 5.91 Å². The molecule has 5 nitrogen and oxygen atoms in total. The van der Waals surface area contributed by atoms with Gasteiger partial charge >= 0.3 is 5.76 Å². The van der Waals surface area contributed by atoms with Crippen LogP contribution in [-0.2, 0) is 15.6 Å². The number of rotatable bonds is 8. The fourth-order valence-corrected chi connectivity index (χ4v) is 3.38. The van der Waals surface area contributed by atoms with Crippen molar-refractivity contribution in [2.75, 3.05) is 6.54 Å². The molecule has 0 aliphatic rings. The molecule has 3 N–H and O–H groups in total. The van der Waals surface area contributed by atoms with E-state index in [1.807, 2.05) is 24.3 Å². The van der Waals surface area contributed by atoms with Crippen LogP contribution in [0.2, 0.25) is 0 Å². The molecule has 0 heterocycles. The summed E-state index contributed by atoms with van der Waals surface area (Å²) in [6.45, 7) is 4.42. The Hall–Kier alpha value is -2.32. The van der Waals surface area contributed by atoms with Gasteiger partial charge in [0.1, 0.15) is 0 Å². The average molecular weight is 410 g/mol. The van der Waals surface area contributed by atoms with Crippen molar-refractivity contribution >= 4 is 15.7 Å². The van der Waals surface area contributed by atoms with Gasteiger partial charge < -0.3 is 11.1 Å². The van der Waals surface area contributed by atoms with Crippen LogP contribution in [0.1, 0.15) is 52.9 Å². The van der Waals surface area contributed by atoms with Crippen LogP contribution in [0.3, 0.4) is 0 Å². The van der Waals surface area contributed by atoms with Gasteiger partial charge in [-0.15, -0.1) is 0 Å². The molecule has 2 aromatic carbocycles. The minimum absolute atomic E-state index is 0.193. The van der Waals surface area contributed by atoms with Crippen molar-refractivity contribution in [1.29, 1.82) is 0 Å². The monoisotopic (exact) mass is 410 g/mol. The van der Waals surface area contributed by atoms with E-state index in [0.717, 1.165) is 5.56 Å². The summed E-state index contributed by atoms with van der Waals surface area (Å²) < 4.78 is 47.3. The molecule has 0 bridgehead atoms. The molecule has 0 spiro atoms. The van der Waals surface area contributed by atoms with Crippen molar-refractivity contribution in [2.45, 2.75) is 37.3 Å². The van der Waals surface area contributed by atoms with Gasteiger partial charge in [-0.05, 0) is 34.7 Å². The highest BCUT2D eigenvalue weighted by Crippen LogP contribution is 2.18.